The van der Waals surface area contributed by atoms with E-state index in [4.69, 9.17) is 4.74 Å². The van der Waals surface area contributed by atoms with Gasteiger partial charge in [0, 0.05) is 40.9 Å². The van der Waals surface area contributed by atoms with Crippen molar-refractivity contribution in [3.8, 4) is 0 Å². The molecule has 2 aromatic carbocycles. The fraction of sp³-hybridized carbons (Fsp3) is 0.423. The van der Waals surface area contributed by atoms with E-state index in [9.17, 15) is 4.79 Å². The van der Waals surface area contributed by atoms with Gasteiger partial charge in [0.15, 0.2) is 5.43 Å². The van der Waals surface area contributed by atoms with E-state index in [1.165, 1.54) is 10.5 Å². The van der Waals surface area contributed by atoms with Gasteiger partial charge in [-0.05, 0) is 25.1 Å². The minimum Gasteiger partial charge on any atom is -0.378 e. The van der Waals surface area contributed by atoms with Crippen LogP contribution < -0.4 is 20.1 Å². The molecule has 3 aromatic rings. The number of aryl methyl sites for hydroxylation is 1. The number of hydrogen-bond acceptors (Lipinski definition) is 3. The number of aromatic amines is 1. The molecule has 0 atom stereocenters. The van der Waals surface area contributed by atoms with Gasteiger partial charge in [0.05, 0.1) is 18.8 Å². The van der Waals surface area contributed by atoms with Crippen molar-refractivity contribution in [2.75, 3.05) is 57.4 Å². The molecule has 0 amide bonds. The minimum absolute atomic E-state index is 0.193. The van der Waals surface area contributed by atoms with Crippen LogP contribution >= 0.6 is 0 Å². The average Bonchev–Trinajstić information content (AvgIpc) is 2.84. The molecular formula is C26H34N4O2+2. The van der Waals surface area contributed by atoms with E-state index >= 15 is 0 Å². The molecule has 1 aromatic heterocycles. The second kappa shape index (κ2) is 9.45. The number of fused-ring (bicyclic) bond motifs is 1. The van der Waals surface area contributed by atoms with Gasteiger partial charge >= 0.3 is 0 Å². The summed E-state index contributed by atoms with van der Waals surface area (Å²) in [5.74, 6) is 0. The maximum atomic E-state index is 13.5. The highest BCUT2D eigenvalue weighted by Crippen LogP contribution is 2.21. The van der Waals surface area contributed by atoms with Crippen molar-refractivity contribution >= 4 is 16.6 Å². The van der Waals surface area contributed by atoms with Crippen LogP contribution in [0.5, 0.6) is 0 Å². The third kappa shape index (κ3) is 4.58. The number of aromatic nitrogens is 1. The number of H-pyrrole nitrogens is 1. The Balaban J connectivity index is 1.30. The number of pyridine rings is 1. The maximum absolute atomic E-state index is 13.5. The molecule has 2 saturated heterocycles. The Kier molecular flexibility index (Phi) is 6.26. The first-order valence-electron chi connectivity index (χ1n) is 11.9. The number of nitrogens with zero attached hydrogens (tertiary/aromatic N) is 1. The highest BCUT2D eigenvalue weighted by Gasteiger charge is 2.25. The van der Waals surface area contributed by atoms with Gasteiger partial charge in [-0.3, -0.25) is 4.79 Å². The van der Waals surface area contributed by atoms with Crippen LogP contribution in [0.25, 0.3) is 10.9 Å². The zero-order valence-corrected chi connectivity index (χ0v) is 19.0. The molecule has 0 radical (unpaired) electrons. The van der Waals surface area contributed by atoms with Gasteiger partial charge < -0.3 is 24.4 Å². The third-order valence-electron chi connectivity index (χ3n) is 7.06. The third-order valence-corrected chi connectivity index (χ3v) is 7.06. The van der Waals surface area contributed by atoms with Gasteiger partial charge in [-0.15, -0.1) is 0 Å². The summed E-state index contributed by atoms with van der Waals surface area (Å²) in [5.41, 5.74) is 5.60. The van der Waals surface area contributed by atoms with E-state index in [2.05, 4.69) is 58.4 Å². The molecule has 0 unspecified atom stereocenters. The summed E-state index contributed by atoms with van der Waals surface area (Å²) in [6.07, 6.45) is 0. The molecule has 3 N–H and O–H groups in total. The molecule has 6 nitrogen and oxygen atoms in total. The Hall–Kier alpha value is -2.67. The number of anilines is 1. The SMILES string of the molecule is Cc1[nH]c2ccc(N3CCOCC3)cc2c(=O)c1C[NH+]1CC[NH+](Cc2ccccc2)CC1. The molecule has 0 aliphatic carbocycles. The van der Waals surface area contributed by atoms with Crippen LogP contribution in [0, 0.1) is 6.92 Å². The number of ether oxygens (including phenoxy) is 1. The first-order valence-corrected chi connectivity index (χ1v) is 11.9. The monoisotopic (exact) mass is 434 g/mol. The Bertz CT molecular complexity index is 1110. The summed E-state index contributed by atoms with van der Waals surface area (Å²) in [5, 5.41) is 0.808. The topological polar surface area (TPSA) is 54.2 Å². The van der Waals surface area contributed by atoms with Crippen LogP contribution in [0.15, 0.2) is 53.3 Å². The highest BCUT2D eigenvalue weighted by atomic mass is 16.5. The second-order valence-corrected chi connectivity index (χ2v) is 9.23. The fourth-order valence-corrected chi connectivity index (χ4v) is 5.12. The van der Waals surface area contributed by atoms with Gasteiger partial charge in [-0.25, -0.2) is 0 Å². The molecule has 0 spiro atoms. The van der Waals surface area contributed by atoms with Gasteiger partial charge in [0.25, 0.3) is 0 Å². The predicted octanol–water partition coefficient (Wildman–Crippen LogP) is 0.157. The molecule has 168 valence electrons. The van der Waals surface area contributed by atoms with Crippen molar-refractivity contribution in [2.24, 2.45) is 0 Å². The molecule has 3 heterocycles. The lowest BCUT2D eigenvalue weighted by Crippen LogP contribution is -3.27. The summed E-state index contributed by atoms with van der Waals surface area (Å²) < 4.78 is 5.48. The first kappa shape index (κ1) is 21.2. The Labute approximate surface area is 189 Å². The maximum Gasteiger partial charge on any atom is 0.198 e. The molecule has 2 aliphatic heterocycles. The van der Waals surface area contributed by atoms with Crippen LogP contribution in [-0.2, 0) is 17.8 Å². The molecule has 2 fully saturated rings. The number of morpholine rings is 1. The lowest BCUT2D eigenvalue weighted by molar-refractivity contribution is -1.02. The second-order valence-electron chi connectivity index (χ2n) is 9.23. The molecule has 5 rings (SSSR count). The average molecular weight is 435 g/mol. The van der Waals surface area contributed by atoms with Crippen molar-refractivity contribution in [2.45, 2.75) is 20.0 Å². The molecule has 0 saturated carbocycles. The van der Waals surface area contributed by atoms with E-state index in [1.807, 2.05) is 6.92 Å². The molecular weight excluding hydrogens is 400 g/mol. The van der Waals surface area contributed by atoms with Crippen molar-refractivity contribution in [3.63, 3.8) is 0 Å². The Morgan fingerprint density at radius 3 is 2.34 bits per heavy atom. The normalized spacial score (nSPS) is 21.7. The molecule has 32 heavy (non-hydrogen) atoms. The number of benzene rings is 2. The fourth-order valence-electron chi connectivity index (χ4n) is 5.12. The molecule has 0 bridgehead atoms. The van der Waals surface area contributed by atoms with E-state index in [1.54, 1.807) is 4.90 Å². The summed E-state index contributed by atoms with van der Waals surface area (Å²) >= 11 is 0. The largest absolute Gasteiger partial charge is 0.378 e. The van der Waals surface area contributed by atoms with Crippen LogP contribution in [0.3, 0.4) is 0 Å². The van der Waals surface area contributed by atoms with Gasteiger partial charge in [0.1, 0.15) is 39.3 Å². The summed E-state index contributed by atoms with van der Waals surface area (Å²) in [7, 11) is 0. The lowest BCUT2D eigenvalue weighted by atomic mass is 10.1. The number of rotatable bonds is 5. The van der Waals surface area contributed by atoms with Crippen LogP contribution in [0.1, 0.15) is 16.8 Å². The van der Waals surface area contributed by atoms with E-state index < -0.39 is 0 Å². The molecule has 2 aliphatic rings. The number of quaternary nitrogens is 2. The predicted molar refractivity (Wildman–Crippen MR) is 128 cm³/mol. The molecule has 6 heteroatoms. The Morgan fingerprint density at radius 1 is 0.938 bits per heavy atom. The van der Waals surface area contributed by atoms with Crippen LogP contribution in [0.2, 0.25) is 0 Å². The number of piperazine rings is 1. The van der Waals surface area contributed by atoms with Gasteiger partial charge in [-0.2, -0.15) is 0 Å². The van der Waals surface area contributed by atoms with E-state index in [0.717, 1.165) is 93.4 Å². The minimum atomic E-state index is 0.193. The van der Waals surface area contributed by atoms with Gasteiger partial charge in [0.2, 0.25) is 0 Å². The number of nitrogens with one attached hydrogen (secondary N) is 3. The van der Waals surface area contributed by atoms with Crippen molar-refractivity contribution in [1.29, 1.82) is 0 Å². The van der Waals surface area contributed by atoms with Crippen molar-refractivity contribution in [1.82, 2.24) is 4.98 Å². The summed E-state index contributed by atoms with van der Waals surface area (Å²) in [6, 6.07) is 17.0. The van der Waals surface area contributed by atoms with E-state index in [0.29, 0.717) is 0 Å². The summed E-state index contributed by atoms with van der Waals surface area (Å²) in [4.78, 5) is 22.4. The van der Waals surface area contributed by atoms with Crippen molar-refractivity contribution in [3.05, 3.63) is 75.6 Å². The summed E-state index contributed by atoms with van der Waals surface area (Å²) in [6.45, 7) is 11.7. The first-order chi connectivity index (χ1) is 15.7. The van der Waals surface area contributed by atoms with Crippen LogP contribution in [-0.4, -0.2) is 57.5 Å². The van der Waals surface area contributed by atoms with Gasteiger partial charge in [-0.1, -0.05) is 30.3 Å². The quantitative estimate of drug-likeness (QED) is 0.536. The number of hydrogen-bond donors (Lipinski definition) is 3. The zero-order chi connectivity index (χ0) is 21.9. The smallest absolute Gasteiger partial charge is 0.198 e. The zero-order valence-electron chi connectivity index (χ0n) is 19.0. The standard InChI is InChI=1S/C26H32N4O2/c1-20-24(19-29-11-9-28(10-12-29)18-21-5-3-2-4-6-21)26(31)23-17-22(7-8-25(23)27-20)30-13-15-32-16-14-30/h2-8,17H,9-16,18-19H2,1H3,(H,27,31)/p+2. The van der Waals surface area contributed by atoms with Crippen LogP contribution in [0.4, 0.5) is 5.69 Å². The van der Waals surface area contributed by atoms with Crippen molar-refractivity contribution < 1.29 is 14.5 Å². The van der Waals surface area contributed by atoms with E-state index in [-0.39, 0.29) is 5.43 Å². The lowest BCUT2D eigenvalue weighted by Gasteiger charge is -2.30. The Morgan fingerprint density at radius 2 is 1.62 bits per heavy atom. The highest BCUT2D eigenvalue weighted by molar-refractivity contribution is 5.83.